The standard InChI is InChI=1S/C18H24N2O/c1-11(2)8-18(21)19-13-5-7-17-15(10-13)14-9-12(3)4-6-16(14)20-17/h4,6,9,11,13,20H,5,7-8,10H2,1-3H3,(H,19,21). The first-order valence-electron chi connectivity index (χ1n) is 7.92. The van der Waals surface area contributed by atoms with Crippen LogP contribution in [0.1, 0.15) is 43.5 Å². The van der Waals surface area contributed by atoms with Crippen LogP contribution >= 0.6 is 0 Å². The molecule has 1 heterocycles. The van der Waals surface area contributed by atoms with Gasteiger partial charge in [0.25, 0.3) is 0 Å². The predicted octanol–water partition coefficient (Wildman–Crippen LogP) is 3.50. The second-order valence-corrected chi connectivity index (χ2v) is 6.74. The SMILES string of the molecule is Cc1ccc2[nH]c3c(c2c1)CC(NC(=O)CC(C)C)CC3. The number of benzene rings is 1. The molecule has 1 aliphatic carbocycles. The molecule has 0 fully saturated rings. The number of hydrogen-bond donors (Lipinski definition) is 2. The van der Waals surface area contributed by atoms with Crippen LogP contribution in [-0.2, 0) is 17.6 Å². The molecule has 2 N–H and O–H groups in total. The highest BCUT2D eigenvalue weighted by atomic mass is 16.1. The highest BCUT2D eigenvalue weighted by molar-refractivity contribution is 5.86. The lowest BCUT2D eigenvalue weighted by atomic mass is 9.91. The van der Waals surface area contributed by atoms with Crippen LogP contribution in [0.2, 0.25) is 0 Å². The molecule has 1 unspecified atom stereocenters. The summed E-state index contributed by atoms with van der Waals surface area (Å²) in [7, 11) is 0. The molecule has 21 heavy (non-hydrogen) atoms. The Balaban J connectivity index is 1.79. The number of fused-ring (bicyclic) bond motifs is 3. The second kappa shape index (κ2) is 5.55. The van der Waals surface area contributed by atoms with Crippen LogP contribution in [-0.4, -0.2) is 16.9 Å². The molecule has 1 aromatic carbocycles. The normalized spacial score (nSPS) is 18.0. The van der Waals surface area contributed by atoms with Crippen LogP contribution in [0.15, 0.2) is 18.2 Å². The maximum Gasteiger partial charge on any atom is 0.220 e. The molecule has 0 radical (unpaired) electrons. The predicted molar refractivity (Wildman–Crippen MR) is 86.4 cm³/mol. The van der Waals surface area contributed by atoms with E-state index in [1.165, 1.54) is 27.7 Å². The highest BCUT2D eigenvalue weighted by Gasteiger charge is 2.23. The molecule has 1 atom stereocenters. The Hall–Kier alpha value is -1.77. The molecule has 3 heteroatoms. The Bertz CT molecular complexity index is 669. The summed E-state index contributed by atoms with van der Waals surface area (Å²) in [5.41, 5.74) is 5.26. The van der Waals surface area contributed by atoms with Crippen molar-refractivity contribution in [3.05, 3.63) is 35.0 Å². The van der Waals surface area contributed by atoms with Gasteiger partial charge in [0.1, 0.15) is 0 Å². The van der Waals surface area contributed by atoms with Gasteiger partial charge in [-0.3, -0.25) is 4.79 Å². The molecule has 0 saturated heterocycles. The zero-order valence-electron chi connectivity index (χ0n) is 13.1. The zero-order chi connectivity index (χ0) is 15.0. The maximum absolute atomic E-state index is 12.0. The molecular formula is C18H24N2O. The van der Waals surface area contributed by atoms with E-state index in [1.807, 2.05) is 0 Å². The van der Waals surface area contributed by atoms with E-state index in [2.05, 4.69) is 49.3 Å². The molecule has 2 aromatic rings. The number of hydrogen-bond acceptors (Lipinski definition) is 1. The third kappa shape index (κ3) is 2.97. The number of carbonyl (C=O) groups excluding carboxylic acids is 1. The quantitative estimate of drug-likeness (QED) is 0.890. The van der Waals surface area contributed by atoms with E-state index < -0.39 is 0 Å². The fraction of sp³-hybridized carbons (Fsp3) is 0.500. The fourth-order valence-electron chi connectivity index (χ4n) is 3.31. The van der Waals surface area contributed by atoms with Gasteiger partial charge in [0, 0.05) is 29.1 Å². The van der Waals surface area contributed by atoms with Crippen molar-refractivity contribution in [2.75, 3.05) is 0 Å². The Labute approximate surface area is 126 Å². The van der Waals surface area contributed by atoms with Crippen LogP contribution in [0.25, 0.3) is 10.9 Å². The Kier molecular flexibility index (Phi) is 3.75. The van der Waals surface area contributed by atoms with Gasteiger partial charge < -0.3 is 10.3 Å². The topological polar surface area (TPSA) is 44.9 Å². The van der Waals surface area contributed by atoms with Gasteiger partial charge in [-0.1, -0.05) is 25.5 Å². The zero-order valence-corrected chi connectivity index (χ0v) is 13.1. The van der Waals surface area contributed by atoms with Crippen LogP contribution in [0, 0.1) is 12.8 Å². The van der Waals surface area contributed by atoms with E-state index in [0.29, 0.717) is 12.3 Å². The second-order valence-electron chi connectivity index (χ2n) is 6.74. The molecule has 0 aliphatic heterocycles. The molecule has 0 spiro atoms. The summed E-state index contributed by atoms with van der Waals surface area (Å²) in [6.45, 7) is 6.30. The van der Waals surface area contributed by atoms with E-state index in [1.54, 1.807) is 0 Å². The summed E-state index contributed by atoms with van der Waals surface area (Å²) in [5, 5.41) is 4.53. The average molecular weight is 284 g/mol. The van der Waals surface area contributed by atoms with Gasteiger partial charge in [-0.15, -0.1) is 0 Å². The van der Waals surface area contributed by atoms with Crippen molar-refractivity contribution in [1.29, 1.82) is 0 Å². The smallest absolute Gasteiger partial charge is 0.220 e. The Morgan fingerprint density at radius 2 is 2.24 bits per heavy atom. The third-order valence-electron chi connectivity index (χ3n) is 4.30. The molecule has 0 saturated carbocycles. The van der Waals surface area contributed by atoms with Crippen molar-refractivity contribution < 1.29 is 4.79 Å². The van der Waals surface area contributed by atoms with E-state index in [4.69, 9.17) is 0 Å². The van der Waals surface area contributed by atoms with E-state index in [9.17, 15) is 4.79 Å². The minimum absolute atomic E-state index is 0.189. The molecular weight excluding hydrogens is 260 g/mol. The van der Waals surface area contributed by atoms with Gasteiger partial charge in [0.15, 0.2) is 0 Å². The fourth-order valence-corrected chi connectivity index (χ4v) is 3.31. The van der Waals surface area contributed by atoms with Gasteiger partial charge in [0.2, 0.25) is 5.91 Å². The minimum Gasteiger partial charge on any atom is -0.358 e. The van der Waals surface area contributed by atoms with Crippen LogP contribution < -0.4 is 5.32 Å². The monoisotopic (exact) mass is 284 g/mol. The summed E-state index contributed by atoms with van der Waals surface area (Å²) in [6.07, 6.45) is 3.62. The first kappa shape index (κ1) is 14.2. The first-order chi connectivity index (χ1) is 10.0. The molecule has 0 bridgehead atoms. The number of nitrogens with one attached hydrogen (secondary N) is 2. The highest BCUT2D eigenvalue weighted by Crippen LogP contribution is 2.29. The van der Waals surface area contributed by atoms with Crippen LogP contribution in [0.5, 0.6) is 0 Å². The number of aromatic amines is 1. The lowest BCUT2D eigenvalue weighted by Crippen LogP contribution is -2.39. The van der Waals surface area contributed by atoms with Crippen LogP contribution in [0.3, 0.4) is 0 Å². The summed E-state index contributed by atoms with van der Waals surface area (Å²) >= 11 is 0. The first-order valence-corrected chi connectivity index (χ1v) is 7.92. The number of aryl methyl sites for hydroxylation is 2. The van der Waals surface area contributed by atoms with Crippen molar-refractivity contribution in [2.45, 2.75) is 52.5 Å². The Morgan fingerprint density at radius 3 is 3.00 bits per heavy atom. The Morgan fingerprint density at radius 1 is 1.43 bits per heavy atom. The van der Waals surface area contributed by atoms with Crippen LogP contribution in [0.4, 0.5) is 0 Å². The summed E-state index contributed by atoms with van der Waals surface area (Å²) in [6, 6.07) is 6.84. The molecule has 1 aromatic heterocycles. The van der Waals surface area contributed by atoms with Gasteiger partial charge in [-0.05, 0) is 49.8 Å². The molecule has 112 valence electrons. The van der Waals surface area contributed by atoms with Gasteiger partial charge in [-0.2, -0.15) is 0 Å². The van der Waals surface area contributed by atoms with E-state index in [0.717, 1.165) is 19.3 Å². The lowest BCUT2D eigenvalue weighted by Gasteiger charge is -2.24. The molecule has 1 aliphatic rings. The van der Waals surface area contributed by atoms with Crippen molar-refractivity contribution in [3.8, 4) is 0 Å². The van der Waals surface area contributed by atoms with E-state index in [-0.39, 0.29) is 11.9 Å². The largest absolute Gasteiger partial charge is 0.358 e. The number of carbonyl (C=O) groups is 1. The summed E-state index contributed by atoms with van der Waals surface area (Å²) in [4.78, 5) is 15.5. The minimum atomic E-state index is 0.189. The number of H-pyrrole nitrogens is 1. The number of aromatic nitrogens is 1. The number of amides is 1. The average Bonchev–Trinajstić information content (AvgIpc) is 2.75. The summed E-state index contributed by atoms with van der Waals surface area (Å²) < 4.78 is 0. The molecule has 1 amide bonds. The van der Waals surface area contributed by atoms with Crippen molar-refractivity contribution in [1.82, 2.24) is 10.3 Å². The van der Waals surface area contributed by atoms with Crippen molar-refractivity contribution in [2.24, 2.45) is 5.92 Å². The van der Waals surface area contributed by atoms with E-state index >= 15 is 0 Å². The van der Waals surface area contributed by atoms with Gasteiger partial charge >= 0.3 is 0 Å². The van der Waals surface area contributed by atoms with Gasteiger partial charge in [0.05, 0.1) is 0 Å². The van der Waals surface area contributed by atoms with Gasteiger partial charge in [-0.25, -0.2) is 0 Å². The molecule has 3 nitrogen and oxygen atoms in total. The molecule has 3 rings (SSSR count). The summed E-state index contributed by atoms with van der Waals surface area (Å²) in [5.74, 6) is 0.606. The van der Waals surface area contributed by atoms with Crippen molar-refractivity contribution in [3.63, 3.8) is 0 Å². The number of rotatable bonds is 3. The van der Waals surface area contributed by atoms with Crippen molar-refractivity contribution >= 4 is 16.8 Å². The third-order valence-corrected chi connectivity index (χ3v) is 4.30. The maximum atomic E-state index is 12.0. The lowest BCUT2D eigenvalue weighted by molar-refractivity contribution is -0.122.